The molecule has 1 aromatic rings. The molecule has 0 atom stereocenters. The van der Waals surface area contributed by atoms with Crippen LogP contribution in [0, 0.1) is 0 Å². The molecule has 0 aliphatic rings. The molecule has 0 radical (unpaired) electrons. The fraction of sp³-hybridized carbons (Fsp3) is 0.100. The number of rotatable bonds is 2. The maximum Gasteiger partial charge on any atom is 0.417 e. The summed E-state index contributed by atoms with van der Waals surface area (Å²) in [5.74, 6) is 0. The van der Waals surface area contributed by atoms with E-state index in [-0.39, 0.29) is 11.3 Å². The molecule has 2 nitrogen and oxygen atoms in total. The topological polar surface area (TPSA) is 43.1 Å². The van der Waals surface area contributed by atoms with Crippen molar-refractivity contribution < 1.29 is 18.0 Å². The van der Waals surface area contributed by atoms with Crippen LogP contribution < -0.4 is 5.73 Å². The van der Waals surface area contributed by atoms with Gasteiger partial charge in [-0.25, -0.2) is 0 Å². The Kier molecular flexibility index (Phi) is 3.14. The van der Waals surface area contributed by atoms with Crippen LogP contribution in [0.2, 0.25) is 0 Å². The van der Waals surface area contributed by atoms with Gasteiger partial charge in [-0.2, -0.15) is 13.2 Å². The molecule has 0 aromatic heterocycles. The molecule has 5 heteroatoms. The summed E-state index contributed by atoms with van der Waals surface area (Å²) in [4.78, 5) is 10.0. The SMILES string of the molecule is Nc1ccc(C=CC=O)c(C(F)(F)F)c1. The Morgan fingerprint density at radius 3 is 2.47 bits per heavy atom. The van der Waals surface area contributed by atoms with Crippen molar-refractivity contribution in [3.05, 3.63) is 35.4 Å². The predicted octanol–water partition coefficient (Wildman–Crippen LogP) is 2.50. The number of allylic oxidation sites excluding steroid dienone is 1. The van der Waals surface area contributed by atoms with Crippen LogP contribution in [0.1, 0.15) is 11.1 Å². The van der Waals surface area contributed by atoms with E-state index in [9.17, 15) is 18.0 Å². The van der Waals surface area contributed by atoms with Crippen LogP contribution in [-0.2, 0) is 11.0 Å². The molecule has 0 aliphatic carbocycles. The number of hydrogen-bond acceptors (Lipinski definition) is 2. The third-order valence-electron chi connectivity index (χ3n) is 1.74. The summed E-state index contributed by atoms with van der Waals surface area (Å²) in [7, 11) is 0. The zero-order chi connectivity index (χ0) is 11.5. The molecule has 0 aliphatic heterocycles. The lowest BCUT2D eigenvalue weighted by atomic mass is 10.1. The van der Waals surface area contributed by atoms with Gasteiger partial charge in [0.25, 0.3) is 0 Å². The van der Waals surface area contributed by atoms with Crippen molar-refractivity contribution in [1.29, 1.82) is 0 Å². The Labute approximate surface area is 84.2 Å². The number of nitrogen functional groups attached to an aromatic ring is 1. The minimum absolute atomic E-state index is 0.0329. The molecule has 0 bridgehead atoms. The molecule has 0 fully saturated rings. The second-order valence-corrected chi connectivity index (χ2v) is 2.84. The van der Waals surface area contributed by atoms with Gasteiger partial charge in [0.1, 0.15) is 6.29 Å². The fourth-order valence-corrected chi connectivity index (χ4v) is 1.11. The number of hydrogen-bond donors (Lipinski definition) is 1. The number of alkyl halides is 3. The standard InChI is InChI=1S/C10H8F3NO/c11-10(12,13)9-6-8(14)4-3-7(9)2-1-5-15/h1-6H,14H2. The van der Waals surface area contributed by atoms with Crippen molar-refractivity contribution in [2.24, 2.45) is 0 Å². The first kappa shape index (κ1) is 11.3. The van der Waals surface area contributed by atoms with E-state index in [0.717, 1.165) is 18.2 Å². The lowest BCUT2D eigenvalue weighted by molar-refractivity contribution is -0.137. The Hall–Kier alpha value is -1.78. The van der Waals surface area contributed by atoms with Crippen LogP contribution in [0.25, 0.3) is 6.08 Å². The average molecular weight is 215 g/mol. The van der Waals surface area contributed by atoms with E-state index in [4.69, 9.17) is 5.73 Å². The highest BCUT2D eigenvalue weighted by Crippen LogP contribution is 2.33. The number of carbonyl (C=O) groups excluding carboxylic acids is 1. The lowest BCUT2D eigenvalue weighted by Gasteiger charge is -2.10. The van der Waals surface area contributed by atoms with Gasteiger partial charge >= 0.3 is 6.18 Å². The maximum absolute atomic E-state index is 12.5. The molecule has 0 saturated carbocycles. The summed E-state index contributed by atoms with van der Waals surface area (Å²) in [5, 5.41) is 0. The predicted molar refractivity (Wildman–Crippen MR) is 51.0 cm³/mol. The van der Waals surface area contributed by atoms with E-state index in [0.29, 0.717) is 6.29 Å². The van der Waals surface area contributed by atoms with Crippen molar-refractivity contribution in [1.82, 2.24) is 0 Å². The van der Waals surface area contributed by atoms with Crippen LogP contribution >= 0.6 is 0 Å². The van der Waals surface area contributed by atoms with Crippen LogP contribution in [0.3, 0.4) is 0 Å². The third kappa shape index (κ3) is 2.83. The molecule has 2 N–H and O–H groups in total. The third-order valence-corrected chi connectivity index (χ3v) is 1.74. The minimum Gasteiger partial charge on any atom is -0.399 e. The van der Waals surface area contributed by atoms with Gasteiger partial charge in [0, 0.05) is 5.69 Å². The van der Waals surface area contributed by atoms with E-state index in [2.05, 4.69) is 0 Å². The van der Waals surface area contributed by atoms with Gasteiger partial charge < -0.3 is 5.73 Å². The molecular weight excluding hydrogens is 207 g/mol. The molecule has 80 valence electrons. The molecule has 0 unspecified atom stereocenters. The van der Waals surface area contributed by atoms with Gasteiger partial charge in [-0.3, -0.25) is 4.79 Å². The molecular formula is C10H8F3NO. The number of nitrogens with two attached hydrogens (primary N) is 1. The molecule has 15 heavy (non-hydrogen) atoms. The van der Waals surface area contributed by atoms with Gasteiger partial charge in [-0.1, -0.05) is 12.1 Å². The highest BCUT2D eigenvalue weighted by molar-refractivity contribution is 5.75. The van der Waals surface area contributed by atoms with Crippen molar-refractivity contribution in [3.63, 3.8) is 0 Å². The first-order chi connectivity index (χ1) is 6.95. The molecule has 0 amide bonds. The van der Waals surface area contributed by atoms with Crippen molar-refractivity contribution >= 4 is 18.0 Å². The van der Waals surface area contributed by atoms with Crippen molar-refractivity contribution in [2.75, 3.05) is 5.73 Å². The quantitative estimate of drug-likeness (QED) is 0.468. The molecule has 1 rings (SSSR count). The van der Waals surface area contributed by atoms with Crippen LogP contribution in [0.15, 0.2) is 24.3 Å². The normalized spacial score (nSPS) is 11.9. The van der Waals surface area contributed by atoms with Crippen molar-refractivity contribution in [3.8, 4) is 0 Å². The smallest absolute Gasteiger partial charge is 0.399 e. The summed E-state index contributed by atoms with van der Waals surface area (Å²) in [6.07, 6.45) is -1.97. The second-order valence-electron chi connectivity index (χ2n) is 2.84. The highest BCUT2D eigenvalue weighted by Gasteiger charge is 2.32. The maximum atomic E-state index is 12.5. The van der Waals surface area contributed by atoms with E-state index < -0.39 is 11.7 Å². The van der Waals surface area contributed by atoms with E-state index >= 15 is 0 Å². The second kappa shape index (κ2) is 4.16. The van der Waals surface area contributed by atoms with Crippen LogP contribution in [0.4, 0.5) is 18.9 Å². The molecule has 1 aromatic carbocycles. The van der Waals surface area contributed by atoms with Gasteiger partial charge in [-0.15, -0.1) is 0 Å². The number of halogens is 3. The Morgan fingerprint density at radius 2 is 1.93 bits per heavy atom. The van der Waals surface area contributed by atoms with E-state index in [1.807, 2.05) is 0 Å². The summed E-state index contributed by atoms with van der Waals surface area (Å²) in [6, 6.07) is 3.41. The molecule has 0 saturated heterocycles. The van der Waals surface area contributed by atoms with Gasteiger partial charge in [0.15, 0.2) is 0 Å². The van der Waals surface area contributed by atoms with Gasteiger partial charge in [0.05, 0.1) is 5.56 Å². The summed E-state index contributed by atoms with van der Waals surface area (Å²) < 4.78 is 37.4. The average Bonchev–Trinajstić information content (AvgIpc) is 2.14. The number of aldehydes is 1. The zero-order valence-corrected chi connectivity index (χ0v) is 7.58. The van der Waals surface area contributed by atoms with Crippen molar-refractivity contribution in [2.45, 2.75) is 6.18 Å². The fourth-order valence-electron chi connectivity index (χ4n) is 1.11. The summed E-state index contributed by atoms with van der Waals surface area (Å²) >= 11 is 0. The highest BCUT2D eigenvalue weighted by atomic mass is 19.4. The summed E-state index contributed by atoms with van der Waals surface area (Å²) in [6.45, 7) is 0. The number of benzene rings is 1. The first-order valence-corrected chi connectivity index (χ1v) is 4.03. The van der Waals surface area contributed by atoms with Gasteiger partial charge in [0.2, 0.25) is 0 Å². The van der Waals surface area contributed by atoms with Gasteiger partial charge in [-0.05, 0) is 23.8 Å². The van der Waals surface area contributed by atoms with Crippen LogP contribution in [-0.4, -0.2) is 6.29 Å². The Balaban J connectivity index is 3.26. The molecule has 0 spiro atoms. The Bertz CT molecular complexity index is 396. The number of anilines is 1. The largest absolute Gasteiger partial charge is 0.417 e. The van der Waals surface area contributed by atoms with Crippen LogP contribution in [0.5, 0.6) is 0 Å². The van der Waals surface area contributed by atoms with E-state index in [1.54, 1.807) is 0 Å². The zero-order valence-electron chi connectivity index (χ0n) is 7.58. The first-order valence-electron chi connectivity index (χ1n) is 4.03. The lowest BCUT2D eigenvalue weighted by Crippen LogP contribution is -2.08. The number of carbonyl (C=O) groups is 1. The monoisotopic (exact) mass is 215 g/mol. The summed E-state index contributed by atoms with van der Waals surface area (Å²) in [5.41, 5.74) is 4.37. The Morgan fingerprint density at radius 1 is 1.27 bits per heavy atom. The minimum atomic E-state index is -4.47. The molecule has 0 heterocycles. The van der Waals surface area contributed by atoms with E-state index in [1.165, 1.54) is 12.1 Å².